The first-order chi connectivity index (χ1) is 23.1. The van der Waals surface area contributed by atoms with Crippen LogP contribution in [-0.2, 0) is 20.9 Å². The van der Waals surface area contributed by atoms with Gasteiger partial charge in [0.15, 0.2) is 6.04 Å². The molecule has 3 aromatic carbocycles. The number of likely N-dealkylation sites (tertiary alicyclic amines) is 1. The Hall–Kier alpha value is -4.50. The first kappa shape index (κ1) is 34.8. The second-order valence-corrected chi connectivity index (χ2v) is 13.8. The number of hydrogen-bond acceptors (Lipinski definition) is 6. The Morgan fingerprint density at radius 3 is 2.19 bits per heavy atom. The Bertz CT molecular complexity index is 1560. The molecule has 5 rings (SSSR count). The van der Waals surface area contributed by atoms with Crippen molar-refractivity contribution < 1.29 is 24.2 Å². The van der Waals surface area contributed by atoms with Crippen molar-refractivity contribution in [3.63, 3.8) is 0 Å². The summed E-state index contributed by atoms with van der Waals surface area (Å²) in [6, 6.07) is 24.6. The van der Waals surface area contributed by atoms with Gasteiger partial charge in [-0.1, -0.05) is 98.1 Å². The first-order valence-electron chi connectivity index (χ1n) is 17.1. The van der Waals surface area contributed by atoms with Crippen LogP contribution in [0.1, 0.15) is 82.4 Å². The molecule has 2 amide bonds. The summed E-state index contributed by atoms with van der Waals surface area (Å²) in [6.45, 7) is 6.85. The van der Waals surface area contributed by atoms with Gasteiger partial charge in [-0.05, 0) is 70.5 Å². The summed E-state index contributed by atoms with van der Waals surface area (Å²) in [7, 11) is 0. The lowest BCUT2D eigenvalue weighted by molar-refractivity contribution is -0.139. The van der Waals surface area contributed by atoms with E-state index >= 15 is 0 Å². The van der Waals surface area contributed by atoms with Crippen LogP contribution in [0.25, 0.3) is 0 Å². The summed E-state index contributed by atoms with van der Waals surface area (Å²) < 4.78 is 5.58. The maximum absolute atomic E-state index is 13.9. The van der Waals surface area contributed by atoms with Crippen molar-refractivity contribution in [1.29, 1.82) is 0 Å². The number of carboxylic acid groups (broad SMARTS) is 1. The summed E-state index contributed by atoms with van der Waals surface area (Å²) >= 11 is 0. The van der Waals surface area contributed by atoms with E-state index in [1.165, 1.54) is 0 Å². The molecule has 2 fully saturated rings. The number of carbonyl (C=O) groups excluding carboxylic acids is 2. The summed E-state index contributed by atoms with van der Waals surface area (Å²) in [5.74, 6) is -1.33. The van der Waals surface area contributed by atoms with Gasteiger partial charge in [-0.3, -0.25) is 14.7 Å². The maximum Gasteiger partial charge on any atom is 0.407 e. The number of benzene rings is 3. The predicted molar refractivity (Wildman–Crippen MR) is 188 cm³/mol. The number of anilines is 1. The third-order valence-electron chi connectivity index (χ3n) is 9.08. The molecular formula is C39H48N4O5. The smallest absolute Gasteiger partial charge is 0.407 e. The van der Waals surface area contributed by atoms with Gasteiger partial charge in [-0.15, -0.1) is 0 Å². The van der Waals surface area contributed by atoms with Crippen LogP contribution >= 0.6 is 0 Å². The lowest BCUT2D eigenvalue weighted by atomic mass is 9.81. The summed E-state index contributed by atoms with van der Waals surface area (Å²) in [6.07, 6.45) is 5.57. The van der Waals surface area contributed by atoms with Crippen LogP contribution in [-0.4, -0.2) is 64.0 Å². The van der Waals surface area contributed by atoms with Crippen molar-refractivity contribution in [3.05, 3.63) is 102 Å². The molecule has 48 heavy (non-hydrogen) atoms. The van der Waals surface area contributed by atoms with Crippen LogP contribution < -0.4 is 10.6 Å². The number of carboxylic acids is 1. The van der Waals surface area contributed by atoms with E-state index < -0.39 is 29.7 Å². The molecule has 2 aliphatic rings. The second kappa shape index (κ2) is 16.1. The van der Waals surface area contributed by atoms with E-state index in [0.29, 0.717) is 29.1 Å². The Kier molecular flexibility index (Phi) is 11.7. The predicted octanol–water partition coefficient (Wildman–Crippen LogP) is 7.05. The number of hydrogen-bond donors (Lipinski definition) is 3. The van der Waals surface area contributed by atoms with Crippen molar-refractivity contribution in [2.45, 2.75) is 96.0 Å². The molecule has 3 aromatic rings. The van der Waals surface area contributed by atoms with Gasteiger partial charge in [0.25, 0.3) is 0 Å². The molecule has 1 aliphatic heterocycles. The minimum Gasteiger partial charge on any atom is -0.480 e. The number of para-hydroxylation sites is 1. The van der Waals surface area contributed by atoms with Crippen molar-refractivity contribution in [2.24, 2.45) is 10.9 Å². The fourth-order valence-corrected chi connectivity index (χ4v) is 6.86. The van der Waals surface area contributed by atoms with Gasteiger partial charge >= 0.3 is 12.1 Å². The average Bonchev–Trinajstić information content (AvgIpc) is 3.53. The number of nitrogens with zero attached hydrogens (tertiary/aromatic N) is 2. The van der Waals surface area contributed by atoms with Crippen molar-refractivity contribution in [2.75, 3.05) is 11.9 Å². The van der Waals surface area contributed by atoms with Gasteiger partial charge in [-0.25, -0.2) is 9.59 Å². The third kappa shape index (κ3) is 9.31. The van der Waals surface area contributed by atoms with Crippen LogP contribution in [0.4, 0.5) is 10.5 Å². The van der Waals surface area contributed by atoms with Crippen LogP contribution in [0.3, 0.4) is 0 Å². The van der Waals surface area contributed by atoms with Gasteiger partial charge in [0.05, 0.1) is 23.5 Å². The molecular weight excluding hydrogens is 604 g/mol. The number of aliphatic carboxylic acids is 1. The average molecular weight is 653 g/mol. The van der Waals surface area contributed by atoms with Gasteiger partial charge < -0.3 is 20.5 Å². The monoisotopic (exact) mass is 652 g/mol. The highest BCUT2D eigenvalue weighted by atomic mass is 16.6. The molecule has 3 N–H and O–H groups in total. The highest BCUT2D eigenvalue weighted by Crippen LogP contribution is 2.31. The molecule has 254 valence electrons. The molecule has 3 atom stereocenters. The number of aliphatic imine (C=N–C) groups is 1. The van der Waals surface area contributed by atoms with E-state index in [2.05, 4.69) is 27.7 Å². The van der Waals surface area contributed by atoms with Crippen LogP contribution in [0.5, 0.6) is 0 Å². The second-order valence-electron chi connectivity index (χ2n) is 13.8. The Balaban J connectivity index is 1.50. The van der Waals surface area contributed by atoms with Gasteiger partial charge in [0.1, 0.15) is 5.60 Å². The van der Waals surface area contributed by atoms with Crippen molar-refractivity contribution >= 4 is 29.4 Å². The fourth-order valence-electron chi connectivity index (χ4n) is 6.86. The molecule has 0 radical (unpaired) electrons. The molecule has 1 aliphatic carbocycles. The molecule has 1 heterocycles. The van der Waals surface area contributed by atoms with Gasteiger partial charge in [0, 0.05) is 17.7 Å². The van der Waals surface area contributed by atoms with E-state index in [1.54, 1.807) is 20.8 Å². The molecule has 0 bridgehead atoms. The SMILES string of the molecule is CC(C)(C)OC(=O)N[C@H](C1CCCCC1)[C@H](N=C(c1ccccc1)c1ccccc1NC(=O)[C@@H]1CCCN1Cc1ccccc1)C(=O)O. The van der Waals surface area contributed by atoms with Crippen molar-refractivity contribution in [3.8, 4) is 0 Å². The molecule has 1 saturated heterocycles. The lowest BCUT2D eigenvalue weighted by Gasteiger charge is -2.34. The van der Waals surface area contributed by atoms with Crippen molar-refractivity contribution in [1.82, 2.24) is 10.2 Å². The maximum atomic E-state index is 13.9. The summed E-state index contributed by atoms with van der Waals surface area (Å²) in [4.78, 5) is 47.2. The minimum absolute atomic E-state index is 0.0824. The third-order valence-corrected chi connectivity index (χ3v) is 9.08. The minimum atomic E-state index is -1.30. The molecule has 0 aromatic heterocycles. The molecule has 1 saturated carbocycles. The zero-order valence-electron chi connectivity index (χ0n) is 28.2. The highest BCUT2D eigenvalue weighted by Gasteiger charge is 2.38. The summed E-state index contributed by atoms with van der Waals surface area (Å²) in [5.41, 5.74) is 2.70. The van der Waals surface area contributed by atoms with Crippen LogP contribution in [0.2, 0.25) is 0 Å². The van der Waals surface area contributed by atoms with E-state index in [4.69, 9.17) is 9.73 Å². The van der Waals surface area contributed by atoms with E-state index in [0.717, 1.165) is 57.1 Å². The molecule has 9 nitrogen and oxygen atoms in total. The lowest BCUT2D eigenvalue weighted by Crippen LogP contribution is -2.52. The number of ether oxygens (including phenoxy) is 1. The first-order valence-corrected chi connectivity index (χ1v) is 17.1. The van der Waals surface area contributed by atoms with Gasteiger partial charge in [-0.2, -0.15) is 0 Å². The Labute approximate surface area is 283 Å². The molecule has 0 spiro atoms. The topological polar surface area (TPSA) is 120 Å². The molecule has 9 heteroatoms. The molecule has 0 unspecified atom stereocenters. The van der Waals surface area contributed by atoms with Crippen LogP contribution in [0, 0.1) is 5.92 Å². The Morgan fingerprint density at radius 1 is 0.875 bits per heavy atom. The number of nitrogens with one attached hydrogen (secondary N) is 2. The fraction of sp³-hybridized carbons (Fsp3) is 0.436. The number of amides is 2. The number of alkyl carbamates (subject to hydrolysis) is 1. The van der Waals surface area contributed by atoms with E-state index in [1.807, 2.05) is 72.8 Å². The quantitative estimate of drug-likeness (QED) is 0.191. The van der Waals surface area contributed by atoms with E-state index in [9.17, 15) is 19.5 Å². The van der Waals surface area contributed by atoms with Crippen LogP contribution in [0.15, 0.2) is 89.9 Å². The summed E-state index contributed by atoms with van der Waals surface area (Å²) in [5, 5.41) is 16.8. The van der Waals surface area contributed by atoms with E-state index in [-0.39, 0.29) is 17.9 Å². The number of carbonyl (C=O) groups is 3. The zero-order valence-corrected chi connectivity index (χ0v) is 28.2. The largest absolute Gasteiger partial charge is 0.480 e. The highest BCUT2D eigenvalue weighted by molar-refractivity contribution is 6.17. The van der Waals surface area contributed by atoms with Gasteiger partial charge in [0.2, 0.25) is 5.91 Å². The zero-order chi connectivity index (χ0) is 34.1. The standard InChI is InChI=1S/C39H48N4O5/c1-39(2,3)48-38(47)42-34(29-20-11-6-12-21-29)35(37(45)46)41-33(28-18-9-5-10-19-28)30-22-13-14-23-31(30)40-36(44)32-24-15-25-43(32)26-27-16-7-4-8-17-27/h4-5,7-10,13-14,16-19,22-23,29,32,34-35H,6,11-12,15,20-21,24-26H2,1-3H3,(H,40,44)(H,42,47)(H,45,46)/t32-,34+,35-/m0/s1. The normalized spacial score (nSPS) is 18.9. The number of rotatable bonds is 11. The Morgan fingerprint density at radius 2 is 1.52 bits per heavy atom.